The summed E-state index contributed by atoms with van der Waals surface area (Å²) >= 11 is 0. The van der Waals surface area contributed by atoms with Gasteiger partial charge in [0.2, 0.25) is 0 Å². The van der Waals surface area contributed by atoms with E-state index in [9.17, 15) is 4.79 Å². The maximum absolute atomic E-state index is 10.9. The van der Waals surface area contributed by atoms with E-state index in [1.54, 1.807) is 30.3 Å². The summed E-state index contributed by atoms with van der Waals surface area (Å²) in [7, 11) is 0. The van der Waals surface area contributed by atoms with Gasteiger partial charge in [-0.25, -0.2) is 9.78 Å². The van der Waals surface area contributed by atoms with Crippen molar-refractivity contribution in [1.82, 2.24) is 4.98 Å². The molecule has 20 heavy (non-hydrogen) atoms. The van der Waals surface area contributed by atoms with Crippen molar-refractivity contribution in [1.29, 1.82) is 5.26 Å². The molecule has 2 rings (SSSR count). The number of nitriles is 1. The fourth-order valence-corrected chi connectivity index (χ4v) is 1.83. The van der Waals surface area contributed by atoms with Gasteiger partial charge in [0.25, 0.3) is 0 Å². The third-order valence-electron chi connectivity index (χ3n) is 2.73. The van der Waals surface area contributed by atoms with Crippen molar-refractivity contribution in [3.63, 3.8) is 0 Å². The third kappa shape index (κ3) is 3.33. The van der Waals surface area contributed by atoms with Crippen LogP contribution in [0.4, 0.5) is 5.82 Å². The fraction of sp³-hybridized carbons (Fsp3) is 0.133. The molecule has 1 aromatic carbocycles. The molecule has 1 heterocycles. The van der Waals surface area contributed by atoms with E-state index in [0.29, 0.717) is 17.9 Å². The average Bonchev–Trinajstić information content (AvgIpc) is 2.44. The lowest BCUT2D eigenvalue weighted by molar-refractivity contribution is 0.0697. The number of carboxylic acids is 1. The molecule has 0 amide bonds. The van der Waals surface area contributed by atoms with Crippen molar-refractivity contribution < 1.29 is 9.90 Å². The molecule has 5 nitrogen and oxygen atoms in total. The lowest BCUT2D eigenvalue weighted by Gasteiger charge is -2.07. The number of hydrogen-bond donors (Lipinski definition) is 2. The first-order valence-corrected chi connectivity index (χ1v) is 6.03. The molecule has 0 spiro atoms. The molecular formula is C15H13N3O2. The van der Waals surface area contributed by atoms with Gasteiger partial charge in [-0.3, -0.25) is 0 Å². The molecule has 5 heteroatoms. The highest BCUT2D eigenvalue weighted by Crippen LogP contribution is 2.12. The van der Waals surface area contributed by atoms with Crippen LogP contribution in [0.15, 0.2) is 36.4 Å². The van der Waals surface area contributed by atoms with Crippen LogP contribution >= 0.6 is 0 Å². The molecule has 0 aliphatic heterocycles. The number of aromatic carboxylic acids is 1. The van der Waals surface area contributed by atoms with Gasteiger partial charge in [-0.05, 0) is 36.8 Å². The number of rotatable bonds is 4. The number of anilines is 1. The van der Waals surface area contributed by atoms with Gasteiger partial charge >= 0.3 is 5.97 Å². The van der Waals surface area contributed by atoms with Crippen LogP contribution in [0.25, 0.3) is 0 Å². The molecule has 0 atom stereocenters. The Bertz CT molecular complexity index is 690. The lowest BCUT2D eigenvalue weighted by atomic mass is 10.1. The summed E-state index contributed by atoms with van der Waals surface area (Å²) in [5.41, 5.74) is 2.39. The maximum atomic E-state index is 10.9. The molecule has 100 valence electrons. The van der Waals surface area contributed by atoms with Crippen LogP contribution < -0.4 is 5.32 Å². The standard InChI is InChI=1S/C15H13N3O2/c1-10-5-12(8-16)7-14(18-10)17-9-11-3-2-4-13(6-11)15(19)20/h2-7H,9H2,1H3,(H,17,18)(H,19,20). The van der Waals surface area contributed by atoms with Gasteiger partial charge in [-0.1, -0.05) is 12.1 Å². The monoisotopic (exact) mass is 267 g/mol. The molecule has 2 N–H and O–H groups in total. The molecule has 2 aromatic rings. The van der Waals surface area contributed by atoms with E-state index in [1.165, 1.54) is 0 Å². The molecular weight excluding hydrogens is 254 g/mol. The minimum absolute atomic E-state index is 0.249. The summed E-state index contributed by atoms with van der Waals surface area (Å²) < 4.78 is 0. The number of carboxylic acid groups (broad SMARTS) is 1. The first kappa shape index (κ1) is 13.6. The highest BCUT2D eigenvalue weighted by atomic mass is 16.4. The Hall–Kier alpha value is -2.87. The molecule has 0 saturated heterocycles. The van der Waals surface area contributed by atoms with E-state index in [-0.39, 0.29) is 5.56 Å². The maximum Gasteiger partial charge on any atom is 0.335 e. The zero-order valence-electron chi connectivity index (χ0n) is 10.9. The normalized spacial score (nSPS) is 9.80. The van der Waals surface area contributed by atoms with Crippen molar-refractivity contribution in [2.75, 3.05) is 5.32 Å². The van der Waals surface area contributed by atoms with E-state index in [1.807, 2.05) is 13.0 Å². The van der Waals surface area contributed by atoms with Crippen LogP contribution in [-0.4, -0.2) is 16.1 Å². The van der Waals surface area contributed by atoms with Gasteiger partial charge in [0.15, 0.2) is 0 Å². The zero-order valence-corrected chi connectivity index (χ0v) is 10.9. The Morgan fingerprint density at radius 1 is 1.40 bits per heavy atom. The number of carbonyl (C=O) groups is 1. The minimum Gasteiger partial charge on any atom is -0.478 e. The molecule has 0 aliphatic carbocycles. The Balaban J connectivity index is 2.13. The van der Waals surface area contributed by atoms with E-state index < -0.39 is 5.97 Å². The van der Waals surface area contributed by atoms with Gasteiger partial charge in [0.05, 0.1) is 17.2 Å². The van der Waals surface area contributed by atoms with Crippen LogP contribution in [0.2, 0.25) is 0 Å². The smallest absolute Gasteiger partial charge is 0.335 e. The van der Waals surface area contributed by atoms with E-state index in [4.69, 9.17) is 10.4 Å². The molecule has 0 bridgehead atoms. The van der Waals surface area contributed by atoms with Crippen molar-refractivity contribution >= 4 is 11.8 Å². The molecule has 0 fully saturated rings. The highest BCUT2D eigenvalue weighted by molar-refractivity contribution is 5.87. The topological polar surface area (TPSA) is 86.0 Å². The summed E-state index contributed by atoms with van der Waals surface area (Å²) in [6, 6.07) is 12.1. The van der Waals surface area contributed by atoms with Crippen LogP contribution in [0, 0.1) is 18.3 Å². The summed E-state index contributed by atoms with van der Waals surface area (Å²) in [5, 5.41) is 20.9. The number of hydrogen-bond acceptors (Lipinski definition) is 4. The molecule has 1 aromatic heterocycles. The first-order valence-electron chi connectivity index (χ1n) is 6.03. The van der Waals surface area contributed by atoms with Gasteiger partial charge in [0.1, 0.15) is 5.82 Å². The average molecular weight is 267 g/mol. The number of pyridine rings is 1. The Morgan fingerprint density at radius 2 is 2.20 bits per heavy atom. The van der Waals surface area contributed by atoms with Crippen LogP contribution in [0.1, 0.15) is 27.2 Å². The first-order chi connectivity index (χ1) is 9.58. The van der Waals surface area contributed by atoms with Crippen molar-refractivity contribution in [2.45, 2.75) is 13.5 Å². The number of benzene rings is 1. The number of nitrogens with zero attached hydrogens (tertiary/aromatic N) is 2. The molecule has 0 saturated carbocycles. The van der Waals surface area contributed by atoms with Gasteiger partial charge < -0.3 is 10.4 Å². The summed E-state index contributed by atoms with van der Waals surface area (Å²) in [4.78, 5) is 15.2. The van der Waals surface area contributed by atoms with E-state index >= 15 is 0 Å². The quantitative estimate of drug-likeness (QED) is 0.889. The number of nitrogens with one attached hydrogen (secondary N) is 1. The fourth-order valence-electron chi connectivity index (χ4n) is 1.83. The van der Waals surface area contributed by atoms with Gasteiger partial charge in [-0.15, -0.1) is 0 Å². The third-order valence-corrected chi connectivity index (χ3v) is 2.73. The van der Waals surface area contributed by atoms with Crippen LogP contribution in [0.5, 0.6) is 0 Å². The summed E-state index contributed by atoms with van der Waals surface area (Å²) in [6.07, 6.45) is 0. The van der Waals surface area contributed by atoms with Crippen LogP contribution in [0.3, 0.4) is 0 Å². The second-order valence-corrected chi connectivity index (χ2v) is 4.35. The van der Waals surface area contributed by atoms with Crippen molar-refractivity contribution in [3.8, 4) is 6.07 Å². The van der Waals surface area contributed by atoms with Crippen molar-refractivity contribution in [3.05, 3.63) is 58.8 Å². The predicted octanol–water partition coefficient (Wildman–Crippen LogP) is 2.57. The predicted molar refractivity (Wildman–Crippen MR) is 74.4 cm³/mol. The van der Waals surface area contributed by atoms with Crippen LogP contribution in [-0.2, 0) is 6.54 Å². The SMILES string of the molecule is Cc1cc(C#N)cc(NCc2cccc(C(=O)O)c2)n1. The Labute approximate surface area is 116 Å². The largest absolute Gasteiger partial charge is 0.478 e. The Kier molecular flexibility index (Phi) is 3.96. The highest BCUT2D eigenvalue weighted by Gasteiger charge is 2.04. The molecule has 0 aliphatic rings. The molecule has 0 radical (unpaired) electrons. The van der Waals surface area contributed by atoms with E-state index in [2.05, 4.69) is 16.4 Å². The lowest BCUT2D eigenvalue weighted by Crippen LogP contribution is -2.04. The number of aryl methyl sites for hydroxylation is 1. The zero-order chi connectivity index (χ0) is 14.5. The van der Waals surface area contributed by atoms with Gasteiger partial charge in [-0.2, -0.15) is 5.26 Å². The second kappa shape index (κ2) is 5.85. The summed E-state index contributed by atoms with van der Waals surface area (Å²) in [5.74, 6) is -0.352. The van der Waals surface area contributed by atoms with E-state index in [0.717, 1.165) is 11.3 Å². The molecule has 0 unspecified atom stereocenters. The Morgan fingerprint density at radius 3 is 2.90 bits per heavy atom. The minimum atomic E-state index is -0.952. The van der Waals surface area contributed by atoms with Crippen molar-refractivity contribution in [2.24, 2.45) is 0 Å². The number of aromatic nitrogens is 1. The summed E-state index contributed by atoms with van der Waals surface area (Å²) in [6.45, 7) is 2.26. The van der Waals surface area contributed by atoms with Gasteiger partial charge in [0, 0.05) is 12.2 Å². The second-order valence-electron chi connectivity index (χ2n) is 4.35.